The Balaban J connectivity index is 2.36. The zero-order valence-electron chi connectivity index (χ0n) is 12.6. The van der Waals surface area contributed by atoms with Gasteiger partial charge in [-0.05, 0) is 26.7 Å². The summed E-state index contributed by atoms with van der Waals surface area (Å²) in [5, 5.41) is 12.2. The van der Waals surface area contributed by atoms with Gasteiger partial charge in [0.2, 0.25) is 0 Å². The summed E-state index contributed by atoms with van der Waals surface area (Å²) < 4.78 is 0. The highest BCUT2D eigenvalue weighted by atomic mass is 15.2. The molecule has 2 rings (SSSR count). The molecule has 0 aromatic carbocycles. The Morgan fingerprint density at radius 3 is 2.65 bits per heavy atom. The van der Waals surface area contributed by atoms with Crippen molar-refractivity contribution >= 4 is 11.6 Å². The first-order valence-corrected chi connectivity index (χ1v) is 7.46. The third-order valence-corrected chi connectivity index (χ3v) is 3.55. The Hall–Kier alpha value is -1.83. The van der Waals surface area contributed by atoms with Crippen LogP contribution in [0.4, 0.5) is 11.6 Å². The molecule has 1 aliphatic carbocycles. The van der Waals surface area contributed by atoms with Gasteiger partial charge >= 0.3 is 0 Å². The number of hydrogen-bond acceptors (Lipinski definition) is 5. The van der Waals surface area contributed by atoms with Crippen LogP contribution in [0.2, 0.25) is 0 Å². The lowest BCUT2D eigenvalue weighted by Gasteiger charge is -2.25. The Kier molecular flexibility index (Phi) is 4.78. The quantitative estimate of drug-likeness (QED) is 0.827. The van der Waals surface area contributed by atoms with Crippen molar-refractivity contribution in [1.82, 2.24) is 9.97 Å². The van der Waals surface area contributed by atoms with Crippen LogP contribution in [0.25, 0.3) is 0 Å². The van der Waals surface area contributed by atoms with E-state index in [-0.39, 0.29) is 0 Å². The van der Waals surface area contributed by atoms with E-state index in [4.69, 9.17) is 10.2 Å². The topological polar surface area (TPSA) is 64.8 Å². The standard InChI is InChI=1S/C15H23N5/c1-4-13-18-14(17-5-2)11(3)15(19-13)20(10-6-9-16)12-7-8-12/h12H,4-8,10H2,1-3H3,(H,17,18,19). The number of aromatic nitrogens is 2. The van der Waals surface area contributed by atoms with E-state index < -0.39 is 0 Å². The zero-order valence-corrected chi connectivity index (χ0v) is 12.6. The average molecular weight is 273 g/mol. The van der Waals surface area contributed by atoms with Crippen LogP contribution >= 0.6 is 0 Å². The highest BCUT2D eigenvalue weighted by Crippen LogP contribution is 2.34. The summed E-state index contributed by atoms with van der Waals surface area (Å²) in [4.78, 5) is 11.6. The van der Waals surface area contributed by atoms with Gasteiger partial charge in [0.25, 0.3) is 0 Å². The van der Waals surface area contributed by atoms with Crippen molar-refractivity contribution in [3.05, 3.63) is 11.4 Å². The van der Waals surface area contributed by atoms with Gasteiger partial charge < -0.3 is 10.2 Å². The molecule has 1 aliphatic rings. The molecule has 0 saturated heterocycles. The van der Waals surface area contributed by atoms with E-state index >= 15 is 0 Å². The monoisotopic (exact) mass is 273 g/mol. The third kappa shape index (κ3) is 3.19. The Labute approximate surface area is 121 Å². The van der Waals surface area contributed by atoms with Crippen molar-refractivity contribution in [2.75, 3.05) is 23.3 Å². The molecule has 1 heterocycles. The molecule has 108 valence electrons. The number of anilines is 2. The van der Waals surface area contributed by atoms with E-state index in [9.17, 15) is 0 Å². The van der Waals surface area contributed by atoms with Crippen molar-refractivity contribution in [1.29, 1.82) is 5.26 Å². The molecule has 5 heteroatoms. The Bertz CT molecular complexity index is 502. The lowest BCUT2D eigenvalue weighted by atomic mass is 10.2. The van der Waals surface area contributed by atoms with Crippen LogP contribution in [0.15, 0.2) is 0 Å². The van der Waals surface area contributed by atoms with Gasteiger partial charge in [0.05, 0.1) is 12.5 Å². The maximum absolute atomic E-state index is 8.85. The molecular weight excluding hydrogens is 250 g/mol. The fourth-order valence-corrected chi connectivity index (χ4v) is 2.35. The first kappa shape index (κ1) is 14.6. The molecule has 0 amide bonds. The first-order valence-electron chi connectivity index (χ1n) is 7.46. The number of nitrogens with zero attached hydrogens (tertiary/aromatic N) is 4. The lowest BCUT2D eigenvalue weighted by molar-refractivity contribution is 0.761. The number of aryl methyl sites for hydroxylation is 1. The smallest absolute Gasteiger partial charge is 0.137 e. The molecule has 20 heavy (non-hydrogen) atoms. The zero-order chi connectivity index (χ0) is 14.5. The number of rotatable bonds is 7. The predicted octanol–water partition coefficient (Wildman–Crippen LogP) is 2.66. The summed E-state index contributed by atoms with van der Waals surface area (Å²) >= 11 is 0. The maximum Gasteiger partial charge on any atom is 0.137 e. The van der Waals surface area contributed by atoms with Crippen LogP contribution in [0.5, 0.6) is 0 Å². The van der Waals surface area contributed by atoms with Crippen molar-refractivity contribution < 1.29 is 0 Å². The van der Waals surface area contributed by atoms with E-state index in [0.29, 0.717) is 12.5 Å². The molecule has 1 aromatic heterocycles. The fourth-order valence-electron chi connectivity index (χ4n) is 2.35. The SMILES string of the molecule is CCNc1nc(CC)nc(N(CCC#N)C2CC2)c1C. The maximum atomic E-state index is 8.85. The summed E-state index contributed by atoms with van der Waals surface area (Å²) in [6.45, 7) is 7.81. The van der Waals surface area contributed by atoms with Gasteiger partial charge in [0, 0.05) is 31.1 Å². The molecule has 0 aliphatic heterocycles. The number of hydrogen-bond donors (Lipinski definition) is 1. The molecule has 5 nitrogen and oxygen atoms in total. The van der Waals surface area contributed by atoms with Crippen LogP contribution in [0.3, 0.4) is 0 Å². The second kappa shape index (κ2) is 6.56. The minimum atomic E-state index is 0.540. The van der Waals surface area contributed by atoms with Gasteiger partial charge in [0.1, 0.15) is 17.5 Å². The molecule has 0 unspecified atom stereocenters. The van der Waals surface area contributed by atoms with Gasteiger partial charge in [-0.2, -0.15) is 5.26 Å². The summed E-state index contributed by atoms with van der Waals surface area (Å²) in [7, 11) is 0. The Morgan fingerprint density at radius 1 is 1.35 bits per heavy atom. The third-order valence-electron chi connectivity index (χ3n) is 3.55. The second-order valence-corrected chi connectivity index (χ2v) is 5.15. The van der Waals surface area contributed by atoms with Crippen molar-refractivity contribution in [3.63, 3.8) is 0 Å². The molecule has 0 atom stereocenters. The van der Waals surface area contributed by atoms with E-state index in [0.717, 1.165) is 42.5 Å². The Morgan fingerprint density at radius 2 is 2.10 bits per heavy atom. The molecule has 0 spiro atoms. The number of nitrogens with one attached hydrogen (secondary N) is 1. The number of nitriles is 1. The van der Waals surface area contributed by atoms with Crippen LogP contribution in [0.1, 0.15) is 44.5 Å². The predicted molar refractivity (Wildman–Crippen MR) is 80.9 cm³/mol. The molecule has 1 aromatic rings. The minimum Gasteiger partial charge on any atom is -0.370 e. The van der Waals surface area contributed by atoms with Gasteiger partial charge in [-0.15, -0.1) is 0 Å². The molecule has 0 bridgehead atoms. The summed E-state index contributed by atoms with van der Waals surface area (Å²) in [5.74, 6) is 2.80. The van der Waals surface area contributed by atoms with Crippen molar-refractivity contribution in [3.8, 4) is 6.07 Å². The van der Waals surface area contributed by atoms with Crippen LogP contribution in [0, 0.1) is 18.3 Å². The van der Waals surface area contributed by atoms with E-state index in [2.05, 4.69) is 42.0 Å². The first-order chi connectivity index (χ1) is 9.71. The van der Waals surface area contributed by atoms with Crippen LogP contribution in [-0.4, -0.2) is 29.1 Å². The molecular formula is C15H23N5. The van der Waals surface area contributed by atoms with Crippen LogP contribution in [-0.2, 0) is 6.42 Å². The minimum absolute atomic E-state index is 0.540. The summed E-state index contributed by atoms with van der Waals surface area (Å²) in [6, 6.07) is 2.79. The molecule has 0 radical (unpaired) electrons. The fraction of sp³-hybridized carbons (Fsp3) is 0.667. The largest absolute Gasteiger partial charge is 0.370 e. The lowest BCUT2D eigenvalue weighted by Crippen LogP contribution is -2.29. The average Bonchev–Trinajstić information content (AvgIpc) is 3.27. The van der Waals surface area contributed by atoms with Gasteiger partial charge in [-0.25, -0.2) is 9.97 Å². The highest BCUT2D eigenvalue weighted by molar-refractivity contribution is 5.59. The van der Waals surface area contributed by atoms with Crippen LogP contribution < -0.4 is 10.2 Å². The normalized spacial score (nSPS) is 13.9. The van der Waals surface area contributed by atoms with Gasteiger partial charge in [-0.1, -0.05) is 6.92 Å². The molecule has 1 fully saturated rings. The molecule has 1 saturated carbocycles. The van der Waals surface area contributed by atoms with E-state index in [1.807, 2.05) is 0 Å². The van der Waals surface area contributed by atoms with Gasteiger partial charge in [-0.3, -0.25) is 0 Å². The van der Waals surface area contributed by atoms with Gasteiger partial charge in [0.15, 0.2) is 0 Å². The van der Waals surface area contributed by atoms with E-state index in [1.54, 1.807) is 0 Å². The summed E-state index contributed by atoms with van der Waals surface area (Å²) in [5.41, 5.74) is 1.09. The highest BCUT2D eigenvalue weighted by Gasteiger charge is 2.31. The molecule has 1 N–H and O–H groups in total. The van der Waals surface area contributed by atoms with Crippen molar-refractivity contribution in [2.24, 2.45) is 0 Å². The second-order valence-electron chi connectivity index (χ2n) is 5.15. The summed E-state index contributed by atoms with van der Waals surface area (Å²) in [6.07, 6.45) is 3.76. The van der Waals surface area contributed by atoms with E-state index in [1.165, 1.54) is 12.8 Å². The van der Waals surface area contributed by atoms with Crippen molar-refractivity contribution in [2.45, 2.75) is 52.5 Å².